The summed E-state index contributed by atoms with van der Waals surface area (Å²) in [6.07, 6.45) is 1.09. The predicted molar refractivity (Wildman–Crippen MR) is 73.2 cm³/mol. The van der Waals surface area contributed by atoms with Crippen molar-refractivity contribution < 1.29 is 17.2 Å². The minimum absolute atomic E-state index is 0.00384. The number of hydrogen-bond acceptors (Lipinski definition) is 3. The van der Waals surface area contributed by atoms with Gasteiger partial charge in [-0.1, -0.05) is 24.3 Å². The van der Waals surface area contributed by atoms with Gasteiger partial charge in [0, 0.05) is 18.4 Å². The standard InChI is InChI=1S/C14H13F2NO2S/c1-20(18,19)13-8-3-2-7-12(13)17-9-10-5-4-6-11(15)14(10)16/h2-8,17H,9H2,1H3. The van der Waals surface area contributed by atoms with Crippen molar-refractivity contribution in [3.63, 3.8) is 0 Å². The van der Waals surface area contributed by atoms with Crippen LogP contribution in [0.15, 0.2) is 47.4 Å². The highest BCUT2D eigenvalue weighted by Gasteiger charge is 2.13. The highest BCUT2D eigenvalue weighted by atomic mass is 32.2. The van der Waals surface area contributed by atoms with E-state index in [0.29, 0.717) is 5.69 Å². The van der Waals surface area contributed by atoms with Crippen LogP contribution in [0.3, 0.4) is 0 Å². The molecule has 20 heavy (non-hydrogen) atoms. The quantitative estimate of drug-likeness (QED) is 0.943. The van der Waals surface area contributed by atoms with Crippen LogP contribution in [0, 0.1) is 11.6 Å². The average Bonchev–Trinajstić information content (AvgIpc) is 2.40. The van der Waals surface area contributed by atoms with Crippen LogP contribution in [0.4, 0.5) is 14.5 Å². The molecule has 6 heteroatoms. The summed E-state index contributed by atoms with van der Waals surface area (Å²) in [7, 11) is -3.39. The Kier molecular flexibility index (Phi) is 4.04. The second kappa shape index (κ2) is 5.58. The Morgan fingerprint density at radius 3 is 2.45 bits per heavy atom. The van der Waals surface area contributed by atoms with E-state index in [-0.39, 0.29) is 17.0 Å². The minimum atomic E-state index is -3.39. The van der Waals surface area contributed by atoms with E-state index in [2.05, 4.69) is 5.32 Å². The van der Waals surface area contributed by atoms with Crippen LogP contribution in [0.2, 0.25) is 0 Å². The number of anilines is 1. The molecule has 0 radical (unpaired) electrons. The fraction of sp³-hybridized carbons (Fsp3) is 0.143. The smallest absolute Gasteiger partial charge is 0.177 e. The van der Waals surface area contributed by atoms with E-state index in [4.69, 9.17) is 0 Å². The molecule has 3 nitrogen and oxygen atoms in total. The Morgan fingerprint density at radius 2 is 1.75 bits per heavy atom. The minimum Gasteiger partial charge on any atom is -0.380 e. The molecule has 2 aromatic rings. The molecule has 0 amide bonds. The molecule has 0 aliphatic heterocycles. The Labute approximate surface area is 116 Å². The van der Waals surface area contributed by atoms with Gasteiger partial charge in [-0.25, -0.2) is 17.2 Å². The van der Waals surface area contributed by atoms with Crippen molar-refractivity contribution in [1.82, 2.24) is 0 Å². The fourth-order valence-electron chi connectivity index (χ4n) is 1.81. The molecule has 0 saturated carbocycles. The normalized spacial score (nSPS) is 11.3. The number of para-hydroxylation sites is 1. The predicted octanol–water partition coefficient (Wildman–Crippen LogP) is 2.98. The number of rotatable bonds is 4. The van der Waals surface area contributed by atoms with E-state index in [1.54, 1.807) is 18.2 Å². The van der Waals surface area contributed by atoms with Gasteiger partial charge >= 0.3 is 0 Å². The first-order valence-electron chi connectivity index (χ1n) is 5.85. The van der Waals surface area contributed by atoms with Crippen LogP contribution < -0.4 is 5.32 Å². The van der Waals surface area contributed by atoms with E-state index in [0.717, 1.165) is 12.3 Å². The lowest BCUT2D eigenvalue weighted by atomic mass is 10.2. The number of hydrogen-bond donors (Lipinski definition) is 1. The number of nitrogens with one attached hydrogen (secondary N) is 1. The zero-order valence-corrected chi connectivity index (χ0v) is 11.5. The maximum Gasteiger partial charge on any atom is 0.177 e. The molecule has 106 valence electrons. The van der Waals surface area contributed by atoms with Crippen molar-refractivity contribution in [2.24, 2.45) is 0 Å². The van der Waals surface area contributed by atoms with Gasteiger partial charge in [-0.2, -0.15) is 0 Å². The average molecular weight is 297 g/mol. The molecule has 0 aliphatic carbocycles. The van der Waals surface area contributed by atoms with Crippen molar-refractivity contribution in [3.05, 3.63) is 59.7 Å². The van der Waals surface area contributed by atoms with E-state index in [1.807, 2.05) is 0 Å². The Hall–Kier alpha value is -1.95. The zero-order chi connectivity index (χ0) is 14.8. The number of halogens is 2. The van der Waals surface area contributed by atoms with Gasteiger partial charge in [0.2, 0.25) is 0 Å². The van der Waals surface area contributed by atoms with Crippen molar-refractivity contribution in [2.45, 2.75) is 11.4 Å². The van der Waals surface area contributed by atoms with Crippen molar-refractivity contribution in [2.75, 3.05) is 11.6 Å². The van der Waals surface area contributed by atoms with Crippen LogP contribution in [0.5, 0.6) is 0 Å². The topological polar surface area (TPSA) is 46.2 Å². The van der Waals surface area contributed by atoms with Crippen molar-refractivity contribution in [3.8, 4) is 0 Å². The first-order chi connectivity index (χ1) is 9.39. The number of benzene rings is 2. The Morgan fingerprint density at radius 1 is 1.05 bits per heavy atom. The van der Waals surface area contributed by atoms with Crippen molar-refractivity contribution in [1.29, 1.82) is 0 Å². The first kappa shape index (κ1) is 14.5. The monoisotopic (exact) mass is 297 g/mol. The van der Waals surface area contributed by atoms with Gasteiger partial charge in [0.1, 0.15) is 0 Å². The maximum atomic E-state index is 13.5. The van der Waals surface area contributed by atoms with E-state index in [9.17, 15) is 17.2 Å². The molecule has 0 atom stereocenters. The summed E-state index contributed by atoms with van der Waals surface area (Å²) in [5.74, 6) is -1.86. The highest BCUT2D eigenvalue weighted by Crippen LogP contribution is 2.22. The molecule has 2 aromatic carbocycles. The highest BCUT2D eigenvalue weighted by molar-refractivity contribution is 7.90. The van der Waals surface area contributed by atoms with Crippen LogP contribution in [-0.4, -0.2) is 14.7 Å². The lowest BCUT2D eigenvalue weighted by Crippen LogP contribution is -2.07. The lowest BCUT2D eigenvalue weighted by Gasteiger charge is -2.11. The maximum absolute atomic E-state index is 13.5. The van der Waals surface area contributed by atoms with Gasteiger partial charge in [-0.15, -0.1) is 0 Å². The van der Waals surface area contributed by atoms with Crippen LogP contribution in [0.25, 0.3) is 0 Å². The summed E-state index contributed by atoms with van der Waals surface area (Å²) in [6, 6.07) is 10.2. The zero-order valence-electron chi connectivity index (χ0n) is 10.7. The molecule has 0 fully saturated rings. The van der Waals surface area contributed by atoms with Gasteiger partial charge in [-0.05, 0) is 18.2 Å². The third-order valence-electron chi connectivity index (χ3n) is 2.79. The SMILES string of the molecule is CS(=O)(=O)c1ccccc1NCc1cccc(F)c1F. The molecule has 0 aromatic heterocycles. The molecule has 0 aliphatic rings. The molecule has 0 spiro atoms. The number of sulfone groups is 1. The largest absolute Gasteiger partial charge is 0.380 e. The third kappa shape index (κ3) is 3.14. The molecule has 0 saturated heterocycles. The summed E-state index contributed by atoms with van der Waals surface area (Å²) in [4.78, 5) is 0.122. The fourth-order valence-corrected chi connectivity index (χ4v) is 2.68. The van der Waals surface area contributed by atoms with Gasteiger partial charge in [-0.3, -0.25) is 0 Å². The summed E-state index contributed by atoms with van der Waals surface area (Å²) in [5, 5.41) is 2.82. The van der Waals surface area contributed by atoms with Gasteiger partial charge in [0.05, 0.1) is 10.6 Å². The molecule has 2 rings (SSSR count). The molecular weight excluding hydrogens is 284 g/mol. The summed E-state index contributed by atoms with van der Waals surface area (Å²) in [6.45, 7) is -0.00384. The molecular formula is C14H13F2NO2S. The molecule has 1 N–H and O–H groups in total. The molecule has 0 heterocycles. The van der Waals surface area contributed by atoms with Gasteiger partial charge < -0.3 is 5.32 Å². The van der Waals surface area contributed by atoms with E-state index >= 15 is 0 Å². The summed E-state index contributed by atoms with van der Waals surface area (Å²) >= 11 is 0. The van der Waals surface area contributed by atoms with E-state index < -0.39 is 21.5 Å². The Balaban J connectivity index is 2.26. The first-order valence-corrected chi connectivity index (χ1v) is 7.74. The lowest BCUT2D eigenvalue weighted by molar-refractivity contribution is 0.500. The Bertz CT molecular complexity index is 730. The van der Waals surface area contributed by atoms with E-state index in [1.165, 1.54) is 18.2 Å². The van der Waals surface area contributed by atoms with Crippen molar-refractivity contribution >= 4 is 15.5 Å². The van der Waals surface area contributed by atoms with Crippen LogP contribution in [0.1, 0.15) is 5.56 Å². The second-order valence-corrected chi connectivity index (χ2v) is 6.32. The van der Waals surface area contributed by atoms with Gasteiger partial charge in [0.25, 0.3) is 0 Å². The molecule has 0 unspecified atom stereocenters. The summed E-state index contributed by atoms with van der Waals surface area (Å²) < 4.78 is 49.8. The van der Waals surface area contributed by atoms with Crippen LogP contribution in [-0.2, 0) is 16.4 Å². The van der Waals surface area contributed by atoms with Crippen LogP contribution >= 0.6 is 0 Å². The third-order valence-corrected chi connectivity index (χ3v) is 3.94. The summed E-state index contributed by atoms with van der Waals surface area (Å²) in [5.41, 5.74) is 0.493. The second-order valence-electron chi connectivity index (χ2n) is 4.33. The molecule has 0 bridgehead atoms. The van der Waals surface area contributed by atoms with Gasteiger partial charge in [0.15, 0.2) is 21.5 Å².